The van der Waals surface area contributed by atoms with Crippen molar-refractivity contribution in [1.82, 2.24) is 10.6 Å². The third-order valence-corrected chi connectivity index (χ3v) is 4.52. The van der Waals surface area contributed by atoms with Crippen molar-refractivity contribution >= 4 is 23.4 Å². The van der Waals surface area contributed by atoms with E-state index in [4.69, 9.17) is 4.74 Å². The van der Waals surface area contributed by atoms with E-state index in [2.05, 4.69) is 16.0 Å². The number of anilines is 1. The molecule has 164 valence electrons. The highest BCUT2D eigenvalue weighted by Crippen LogP contribution is 2.13. The first kappa shape index (κ1) is 22.6. The molecular formula is C25H25N3O4. The summed E-state index contributed by atoms with van der Waals surface area (Å²) in [5.74, 6) is -0.115. The molecule has 0 aliphatic carbocycles. The van der Waals surface area contributed by atoms with E-state index in [0.717, 1.165) is 5.56 Å². The maximum atomic E-state index is 12.2. The lowest BCUT2D eigenvalue weighted by molar-refractivity contribution is -0.118. The Morgan fingerprint density at radius 1 is 0.750 bits per heavy atom. The zero-order valence-electron chi connectivity index (χ0n) is 17.8. The molecule has 0 spiro atoms. The number of hydrogen-bond acceptors (Lipinski definition) is 4. The number of rotatable bonds is 9. The Bertz CT molecular complexity index is 1070. The summed E-state index contributed by atoms with van der Waals surface area (Å²) in [6, 6.07) is 22.9. The van der Waals surface area contributed by atoms with E-state index in [1.165, 1.54) is 0 Å². The first-order valence-electron chi connectivity index (χ1n) is 10.2. The van der Waals surface area contributed by atoms with Crippen molar-refractivity contribution in [3.05, 3.63) is 95.6 Å². The molecule has 32 heavy (non-hydrogen) atoms. The van der Waals surface area contributed by atoms with Crippen molar-refractivity contribution in [2.45, 2.75) is 6.92 Å². The van der Waals surface area contributed by atoms with Gasteiger partial charge in [-0.25, -0.2) is 0 Å². The van der Waals surface area contributed by atoms with Gasteiger partial charge >= 0.3 is 0 Å². The minimum Gasteiger partial charge on any atom is -0.484 e. The van der Waals surface area contributed by atoms with Crippen LogP contribution in [-0.2, 0) is 4.79 Å². The molecule has 3 rings (SSSR count). The van der Waals surface area contributed by atoms with E-state index in [1.54, 1.807) is 54.6 Å². The summed E-state index contributed by atoms with van der Waals surface area (Å²) < 4.78 is 5.48. The number of aryl methyl sites for hydroxylation is 1. The Morgan fingerprint density at radius 3 is 2.00 bits per heavy atom. The van der Waals surface area contributed by atoms with Gasteiger partial charge in [-0.2, -0.15) is 0 Å². The maximum Gasteiger partial charge on any atom is 0.262 e. The summed E-state index contributed by atoms with van der Waals surface area (Å²) in [5.41, 5.74) is 2.64. The number of hydrogen-bond donors (Lipinski definition) is 3. The standard InChI is InChI=1S/C25H25N3O4/c1-18-6-5-9-22(16-18)32-17-23(29)28-21-12-10-20(11-13-21)25(31)27-15-14-26-24(30)19-7-3-2-4-8-19/h2-13,16H,14-15,17H2,1H3,(H,26,30)(H,27,31)(H,28,29). The molecule has 0 bridgehead atoms. The number of carbonyl (C=O) groups excluding carboxylic acids is 3. The lowest BCUT2D eigenvalue weighted by Crippen LogP contribution is -2.34. The molecule has 0 radical (unpaired) electrons. The van der Waals surface area contributed by atoms with Crippen LogP contribution in [0.5, 0.6) is 5.75 Å². The van der Waals surface area contributed by atoms with Crippen LogP contribution >= 0.6 is 0 Å². The van der Waals surface area contributed by atoms with Crippen molar-refractivity contribution in [3.8, 4) is 5.75 Å². The van der Waals surface area contributed by atoms with Crippen LogP contribution in [0.15, 0.2) is 78.9 Å². The van der Waals surface area contributed by atoms with Gasteiger partial charge in [-0.05, 0) is 61.0 Å². The van der Waals surface area contributed by atoms with E-state index in [9.17, 15) is 14.4 Å². The molecule has 0 fully saturated rings. The predicted octanol–water partition coefficient (Wildman–Crippen LogP) is 3.17. The molecule has 0 atom stereocenters. The molecule has 3 aromatic rings. The van der Waals surface area contributed by atoms with Gasteiger partial charge in [0.25, 0.3) is 17.7 Å². The summed E-state index contributed by atoms with van der Waals surface area (Å²) in [5, 5.41) is 8.23. The summed E-state index contributed by atoms with van der Waals surface area (Å²) in [7, 11) is 0. The van der Waals surface area contributed by atoms with Gasteiger partial charge in [0.1, 0.15) is 5.75 Å². The topological polar surface area (TPSA) is 96.5 Å². The van der Waals surface area contributed by atoms with Gasteiger partial charge in [0.2, 0.25) is 0 Å². The average Bonchev–Trinajstić information content (AvgIpc) is 2.81. The molecule has 3 N–H and O–H groups in total. The van der Waals surface area contributed by atoms with Crippen molar-refractivity contribution in [1.29, 1.82) is 0 Å². The van der Waals surface area contributed by atoms with E-state index < -0.39 is 0 Å². The molecule has 0 unspecified atom stereocenters. The second-order valence-corrected chi connectivity index (χ2v) is 7.11. The van der Waals surface area contributed by atoms with Gasteiger partial charge < -0.3 is 20.7 Å². The third kappa shape index (κ3) is 6.98. The fraction of sp³-hybridized carbons (Fsp3) is 0.160. The van der Waals surface area contributed by atoms with E-state index in [0.29, 0.717) is 35.7 Å². The number of carbonyl (C=O) groups is 3. The smallest absolute Gasteiger partial charge is 0.262 e. The highest BCUT2D eigenvalue weighted by Gasteiger charge is 2.08. The van der Waals surface area contributed by atoms with Crippen molar-refractivity contribution in [2.24, 2.45) is 0 Å². The fourth-order valence-electron chi connectivity index (χ4n) is 2.90. The zero-order valence-corrected chi connectivity index (χ0v) is 17.8. The van der Waals surface area contributed by atoms with Crippen LogP contribution in [0.2, 0.25) is 0 Å². The van der Waals surface area contributed by atoms with Crippen molar-refractivity contribution in [3.63, 3.8) is 0 Å². The molecule has 0 saturated heterocycles. The van der Waals surface area contributed by atoms with Crippen LogP contribution in [0.25, 0.3) is 0 Å². The molecule has 7 heteroatoms. The molecule has 0 aliphatic heterocycles. The Labute approximate surface area is 186 Å². The number of amides is 3. The Morgan fingerprint density at radius 2 is 1.38 bits per heavy atom. The van der Waals surface area contributed by atoms with Gasteiger partial charge in [-0.1, -0.05) is 30.3 Å². The highest BCUT2D eigenvalue weighted by atomic mass is 16.5. The largest absolute Gasteiger partial charge is 0.484 e. The molecule has 3 amide bonds. The minimum absolute atomic E-state index is 0.111. The number of benzene rings is 3. The highest BCUT2D eigenvalue weighted by molar-refractivity contribution is 5.96. The molecule has 0 saturated carbocycles. The summed E-state index contributed by atoms with van der Waals surface area (Å²) >= 11 is 0. The van der Waals surface area contributed by atoms with Crippen LogP contribution < -0.4 is 20.7 Å². The Hall–Kier alpha value is -4.13. The lowest BCUT2D eigenvalue weighted by Gasteiger charge is -2.09. The van der Waals surface area contributed by atoms with Crippen molar-refractivity contribution in [2.75, 3.05) is 25.0 Å². The molecule has 3 aromatic carbocycles. The summed E-state index contributed by atoms with van der Waals surface area (Å²) in [4.78, 5) is 36.3. The summed E-state index contributed by atoms with van der Waals surface area (Å²) in [6.45, 7) is 2.45. The van der Waals surface area contributed by atoms with Gasteiger partial charge in [0.05, 0.1) is 0 Å². The van der Waals surface area contributed by atoms with E-state index in [1.807, 2.05) is 31.2 Å². The van der Waals surface area contributed by atoms with Gasteiger partial charge in [-0.3, -0.25) is 14.4 Å². The molecule has 0 aromatic heterocycles. The fourth-order valence-corrected chi connectivity index (χ4v) is 2.90. The number of nitrogens with one attached hydrogen (secondary N) is 3. The minimum atomic E-state index is -0.294. The average molecular weight is 431 g/mol. The maximum absolute atomic E-state index is 12.2. The third-order valence-electron chi connectivity index (χ3n) is 4.52. The molecule has 0 aliphatic rings. The summed E-state index contributed by atoms with van der Waals surface area (Å²) in [6.07, 6.45) is 0. The molecule has 7 nitrogen and oxygen atoms in total. The van der Waals surface area contributed by atoms with E-state index in [-0.39, 0.29) is 24.3 Å². The first-order valence-corrected chi connectivity index (χ1v) is 10.2. The second kappa shape index (κ2) is 11.3. The van der Waals surface area contributed by atoms with Crippen LogP contribution in [0, 0.1) is 6.92 Å². The lowest BCUT2D eigenvalue weighted by atomic mass is 10.2. The second-order valence-electron chi connectivity index (χ2n) is 7.11. The van der Waals surface area contributed by atoms with Crippen LogP contribution in [0.1, 0.15) is 26.3 Å². The zero-order chi connectivity index (χ0) is 22.8. The Balaban J connectivity index is 1.39. The molecule has 0 heterocycles. The Kier molecular flexibility index (Phi) is 7.97. The first-order chi connectivity index (χ1) is 15.5. The van der Waals surface area contributed by atoms with Crippen LogP contribution in [0.3, 0.4) is 0 Å². The predicted molar refractivity (Wildman–Crippen MR) is 123 cm³/mol. The van der Waals surface area contributed by atoms with Gasteiger partial charge in [-0.15, -0.1) is 0 Å². The monoisotopic (exact) mass is 431 g/mol. The normalized spacial score (nSPS) is 10.2. The quantitative estimate of drug-likeness (QED) is 0.454. The van der Waals surface area contributed by atoms with Crippen molar-refractivity contribution < 1.29 is 19.1 Å². The number of ether oxygens (including phenoxy) is 1. The SMILES string of the molecule is Cc1cccc(OCC(=O)Nc2ccc(C(=O)NCCNC(=O)c3ccccc3)cc2)c1. The van der Waals surface area contributed by atoms with Crippen LogP contribution in [0.4, 0.5) is 5.69 Å². The molecular weight excluding hydrogens is 406 g/mol. The van der Waals surface area contributed by atoms with Gasteiger partial charge in [0, 0.05) is 29.9 Å². The van der Waals surface area contributed by atoms with E-state index >= 15 is 0 Å². The van der Waals surface area contributed by atoms with Crippen LogP contribution in [-0.4, -0.2) is 37.4 Å². The van der Waals surface area contributed by atoms with Gasteiger partial charge in [0.15, 0.2) is 6.61 Å².